The molecule has 0 radical (unpaired) electrons. The molecule has 0 spiro atoms. The fourth-order valence-corrected chi connectivity index (χ4v) is 3.38. The summed E-state index contributed by atoms with van der Waals surface area (Å²) < 4.78 is 0.804. The number of benzene rings is 2. The Morgan fingerprint density at radius 3 is 2.63 bits per heavy atom. The van der Waals surface area contributed by atoms with Gasteiger partial charge in [0, 0.05) is 20.0 Å². The molecule has 2 rings (SSSR count). The van der Waals surface area contributed by atoms with Crippen molar-refractivity contribution in [1.29, 1.82) is 0 Å². The monoisotopic (exact) mass is 374 g/mol. The third-order valence-electron chi connectivity index (χ3n) is 2.43. The molecular weight excluding hydrogens is 367 g/mol. The zero-order valence-electron chi connectivity index (χ0n) is 9.70. The van der Waals surface area contributed by atoms with Gasteiger partial charge in [0.1, 0.15) is 0 Å². The number of ketones is 1. The second kappa shape index (κ2) is 6.80. The molecule has 0 aromatic heterocycles. The van der Waals surface area contributed by atoms with Gasteiger partial charge in [-0.1, -0.05) is 57.3 Å². The van der Waals surface area contributed by atoms with Gasteiger partial charge in [0.2, 0.25) is 0 Å². The number of hydrogen-bond donors (Lipinski definition) is 0. The minimum absolute atomic E-state index is 0.0496. The van der Waals surface area contributed by atoms with Gasteiger partial charge in [-0.15, -0.1) is 11.8 Å². The lowest BCUT2D eigenvalue weighted by atomic mass is 10.1. The fourth-order valence-electron chi connectivity index (χ4n) is 1.50. The van der Waals surface area contributed by atoms with Crippen LogP contribution >= 0.6 is 50.9 Å². The van der Waals surface area contributed by atoms with Gasteiger partial charge in [0.15, 0.2) is 5.78 Å². The van der Waals surface area contributed by atoms with Crippen LogP contribution in [0, 0.1) is 0 Å². The summed E-state index contributed by atoms with van der Waals surface area (Å²) in [5.74, 6) is 0.372. The molecule has 0 atom stereocenters. The van der Waals surface area contributed by atoms with Crippen molar-refractivity contribution in [1.82, 2.24) is 0 Å². The van der Waals surface area contributed by atoms with Crippen LogP contribution in [-0.2, 0) is 0 Å². The highest BCUT2D eigenvalue weighted by molar-refractivity contribution is 9.10. The summed E-state index contributed by atoms with van der Waals surface area (Å²) in [4.78, 5) is 12.9. The van der Waals surface area contributed by atoms with Crippen LogP contribution in [0.3, 0.4) is 0 Å². The standard InChI is InChI=1S/C14H9BrCl2OS/c15-11-4-2-1-3-10(11)13(18)8-19-14-7-9(16)5-6-12(14)17/h1-7H,8H2. The summed E-state index contributed by atoms with van der Waals surface area (Å²) in [6, 6.07) is 12.6. The lowest BCUT2D eigenvalue weighted by Gasteiger charge is -2.05. The summed E-state index contributed by atoms with van der Waals surface area (Å²) >= 11 is 16.7. The molecule has 0 saturated carbocycles. The number of halogens is 3. The van der Waals surface area contributed by atoms with Crippen LogP contribution < -0.4 is 0 Å². The molecule has 0 aliphatic carbocycles. The average molecular weight is 376 g/mol. The van der Waals surface area contributed by atoms with Crippen LogP contribution in [-0.4, -0.2) is 11.5 Å². The van der Waals surface area contributed by atoms with Gasteiger partial charge in [-0.2, -0.15) is 0 Å². The van der Waals surface area contributed by atoms with Gasteiger partial charge < -0.3 is 0 Å². The first-order chi connectivity index (χ1) is 9.08. The lowest BCUT2D eigenvalue weighted by Crippen LogP contribution is -2.03. The number of rotatable bonds is 4. The van der Waals surface area contributed by atoms with Gasteiger partial charge in [-0.25, -0.2) is 0 Å². The van der Waals surface area contributed by atoms with Crippen molar-refractivity contribution >= 4 is 56.7 Å². The van der Waals surface area contributed by atoms with Crippen molar-refractivity contribution in [3.8, 4) is 0 Å². The van der Waals surface area contributed by atoms with E-state index in [-0.39, 0.29) is 5.78 Å². The Labute approximate surface area is 134 Å². The Morgan fingerprint density at radius 2 is 1.89 bits per heavy atom. The van der Waals surface area contributed by atoms with E-state index in [1.807, 2.05) is 18.2 Å². The summed E-state index contributed by atoms with van der Waals surface area (Å²) in [5, 5.41) is 1.22. The summed E-state index contributed by atoms with van der Waals surface area (Å²) in [6.45, 7) is 0. The van der Waals surface area contributed by atoms with Crippen LogP contribution in [0.5, 0.6) is 0 Å². The highest BCUT2D eigenvalue weighted by Crippen LogP contribution is 2.30. The first-order valence-electron chi connectivity index (χ1n) is 5.43. The molecule has 0 aliphatic rings. The van der Waals surface area contributed by atoms with E-state index in [0.29, 0.717) is 21.4 Å². The molecule has 0 aliphatic heterocycles. The van der Waals surface area contributed by atoms with E-state index in [1.165, 1.54) is 11.8 Å². The minimum Gasteiger partial charge on any atom is -0.293 e. The molecular formula is C14H9BrCl2OS. The Bertz CT molecular complexity index is 616. The summed E-state index contributed by atoms with van der Waals surface area (Å²) in [7, 11) is 0. The molecule has 5 heteroatoms. The molecule has 0 unspecified atom stereocenters. The molecule has 1 nitrogen and oxygen atoms in total. The SMILES string of the molecule is O=C(CSc1cc(Cl)ccc1Cl)c1ccccc1Br. The van der Waals surface area contributed by atoms with Gasteiger partial charge >= 0.3 is 0 Å². The van der Waals surface area contributed by atoms with Crippen LogP contribution in [0.4, 0.5) is 0 Å². The van der Waals surface area contributed by atoms with Crippen molar-refractivity contribution in [2.24, 2.45) is 0 Å². The Hall–Kier alpha value is -0.480. The smallest absolute Gasteiger partial charge is 0.174 e. The molecule has 0 amide bonds. The van der Waals surface area contributed by atoms with E-state index in [9.17, 15) is 4.79 Å². The highest BCUT2D eigenvalue weighted by atomic mass is 79.9. The third-order valence-corrected chi connectivity index (χ3v) is 4.85. The second-order valence-corrected chi connectivity index (χ2v) is 6.48. The summed E-state index contributed by atoms with van der Waals surface area (Å²) in [5.41, 5.74) is 0.674. The van der Waals surface area contributed by atoms with Crippen LogP contribution in [0.1, 0.15) is 10.4 Å². The molecule has 2 aromatic rings. The van der Waals surface area contributed by atoms with Crippen molar-refractivity contribution < 1.29 is 4.79 Å². The Kier molecular flexibility index (Phi) is 5.34. The topological polar surface area (TPSA) is 17.1 Å². The maximum absolute atomic E-state index is 12.1. The summed E-state index contributed by atoms with van der Waals surface area (Å²) in [6.07, 6.45) is 0. The van der Waals surface area contributed by atoms with Gasteiger partial charge in [0.25, 0.3) is 0 Å². The van der Waals surface area contributed by atoms with E-state index in [1.54, 1.807) is 24.3 Å². The average Bonchev–Trinajstić information content (AvgIpc) is 2.40. The minimum atomic E-state index is 0.0496. The Morgan fingerprint density at radius 1 is 1.16 bits per heavy atom. The maximum Gasteiger partial charge on any atom is 0.174 e. The van der Waals surface area contributed by atoms with Crippen molar-refractivity contribution in [3.05, 3.63) is 62.5 Å². The molecule has 0 fully saturated rings. The molecule has 19 heavy (non-hydrogen) atoms. The number of Topliss-reactive ketones (excluding diaryl/α,β-unsaturated/α-hetero) is 1. The molecule has 0 bridgehead atoms. The van der Waals surface area contributed by atoms with E-state index in [0.717, 1.165) is 9.37 Å². The molecule has 2 aromatic carbocycles. The molecule has 0 heterocycles. The lowest BCUT2D eigenvalue weighted by molar-refractivity contribution is 0.102. The van der Waals surface area contributed by atoms with Crippen LogP contribution in [0.2, 0.25) is 10.0 Å². The highest BCUT2D eigenvalue weighted by Gasteiger charge is 2.11. The zero-order valence-corrected chi connectivity index (χ0v) is 13.6. The predicted molar refractivity (Wildman–Crippen MR) is 85.7 cm³/mol. The van der Waals surface area contributed by atoms with Crippen LogP contribution in [0.15, 0.2) is 51.8 Å². The zero-order chi connectivity index (χ0) is 13.8. The first-order valence-corrected chi connectivity index (χ1v) is 7.97. The van der Waals surface area contributed by atoms with Crippen molar-refractivity contribution in [2.45, 2.75) is 4.90 Å². The maximum atomic E-state index is 12.1. The molecule has 98 valence electrons. The van der Waals surface area contributed by atoms with E-state index < -0.39 is 0 Å². The van der Waals surface area contributed by atoms with Crippen molar-refractivity contribution in [3.63, 3.8) is 0 Å². The predicted octanol–water partition coefficient (Wildman–Crippen LogP) is 5.73. The van der Waals surface area contributed by atoms with Gasteiger partial charge in [-0.3, -0.25) is 4.79 Å². The number of hydrogen-bond acceptors (Lipinski definition) is 2. The number of carbonyl (C=O) groups is 1. The largest absolute Gasteiger partial charge is 0.293 e. The van der Waals surface area contributed by atoms with E-state index in [4.69, 9.17) is 23.2 Å². The van der Waals surface area contributed by atoms with E-state index >= 15 is 0 Å². The Balaban J connectivity index is 2.09. The fraction of sp³-hybridized carbons (Fsp3) is 0.0714. The first kappa shape index (κ1) is 14.9. The molecule has 0 saturated heterocycles. The number of carbonyl (C=O) groups excluding carboxylic acids is 1. The van der Waals surface area contributed by atoms with Gasteiger partial charge in [-0.05, 0) is 24.3 Å². The molecule has 0 N–H and O–H groups in total. The van der Waals surface area contributed by atoms with Gasteiger partial charge in [0.05, 0.1) is 10.8 Å². The number of thioether (sulfide) groups is 1. The third kappa shape index (κ3) is 3.99. The quantitative estimate of drug-likeness (QED) is 0.501. The second-order valence-electron chi connectivity index (χ2n) is 3.77. The van der Waals surface area contributed by atoms with Crippen molar-refractivity contribution in [2.75, 3.05) is 5.75 Å². The van der Waals surface area contributed by atoms with E-state index in [2.05, 4.69) is 15.9 Å². The van der Waals surface area contributed by atoms with Crippen LogP contribution in [0.25, 0.3) is 0 Å². The normalized spacial score (nSPS) is 10.5.